The number of nitrogens with one attached hydrogen (secondary N) is 2. The molecule has 130 valence electrons. The number of unbranched alkanes of at least 4 members (excludes halogenated alkanes) is 1. The smallest absolute Gasteiger partial charge is 0.338 e. The molecule has 2 rings (SSSR count). The molecule has 0 saturated carbocycles. The minimum Gasteiger partial charge on any atom is -0.338 e. The first-order valence-electron chi connectivity index (χ1n) is 7.92. The lowest BCUT2D eigenvalue weighted by molar-refractivity contribution is -0.135. The SMILES string of the molecule is Cc1n[nH]c(C)c1[C@@H]1CCCN1C(=O)NCCCCC(F)(F)F. The lowest BCUT2D eigenvalue weighted by atomic mass is 10.0. The van der Waals surface area contributed by atoms with Gasteiger partial charge in [0.1, 0.15) is 0 Å². The number of hydrogen-bond acceptors (Lipinski definition) is 2. The predicted molar refractivity (Wildman–Crippen MR) is 80.0 cm³/mol. The Hall–Kier alpha value is -1.73. The van der Waals surface area contributed by atoms with E-state index < -0.39 is 12.6 Å². The van der Waals surface area contributed by atoms with Crippen molar-refractivity contribution in [3.63, 3.8) is 0 Å². The Kier molecular flexibility index (Phi) is 5.54. The van der Waals surface area contributed by atoms with Crippen molar-refractivity contribution in [1.82, 2.24) is 20.4 Å². The Bertz CT molecular complexity index is 522. The number of likely N-dealkylation sites (tertiary alicyclic amines) is 1. The number of halogens is 3. The van der Waals surface area contributed by atoms with Crippen LogP contribution >= 0.6 is 0 Å². The Morgan fingerprint density at radius 1 is 1.39 bits per heavy atom. The average molecular weight is 332 g/mol. The summed E-state index contributed by atoms with van der Waals surface area (Å²) < 4.78 is 36.2. The Labute approximate surface area is 133 Å². The fraction of sp³-hybridized carbons (Fsp3) is 0.733. The summed E-state index contributed by atoms with van der Waals surface area (Å²) in [6, 6.07) is -0.219. The number of aromatic amines is 1. The summed E-state index contributed by atoms with van der Waals surface area (Å²) >= 11 is 0. The van der Waals surface area contributed by atoms with Gasteiger partial charge >= 0.3 is 12.2 Å². The number of aromatic nitrogens is 2. The molecule has 23 heavy (non-hydrogen) atoms. The van der Waals surface area contributed by atoms with Gasteiger partial charge in [-0.1, -0.05) is 0 Å². The summed E-state index contributed by atoms with van der Waals surface area (Å²) in [6.45, 7) is 4.76. The second-order valence-electron chi connectivity index (χ2n) is 6.00. The van der Waals surface area contributed by atoms with E-state index in [1.807, 2.05) is 13.8 Å². The highest BCUT2D eigenvalue weighted by Gasteiger charge is 2.33. The fourth-order valence-corrected chi connectivity index (χ4v) is 3.11. The number of H-pyrrole nitrogens is 1. The van der Waals surface area contributed by atoms with Gasteiger partial charge in [-0.2, -0.15) is 18.3 Å². The summed E-state index contributed by atoms with van der Waals surface area (Å²) in [5.41, 5.74) is 2.89. The van der Waals surface area contributed by atoms with Crippen molar-refractivity contribution in [3.05, 3.63) is 17.0 Å². The van der Waals surface area contributed by atoms with E-state index in [-0.39, 0.29) is 25.0 Å². The Morgan fingerprint density at radius 3 is 2.74 bits per heavy atom. The van der Waals surface area contributed by atoms with Crippen molar-refractivity contribution in [1.29, 1.82) is 0 Å². The third kappa shape index (κ3) is 4.62. The predicted octanol–water partition coefficient (Wildman–Crippen LogP) is 3.61. The lowest BCUT2D eigenvalue weighted by Crippen LogP contribution is -2.40. The van der Waals surface area contributed by atoms with Crippen LogP contribution in [0.2, 0.25) is 0 Å². The first-order chi connectivity index (χ1) is 10.8. The first-order valence-corrected chi connectivity index (χ1v) is 7.92. The second-order valence-corrected chi connectivity index (χ2v) is 6.00. The summed E-state index contributed by atoms with van der Waals surface area (Å²) in [7, 11) is 0. The van der Waals surface area contributed by atoms with Crippen molar-refractivity contribution in [2.24, 2.45) is 0 Å². The zero-order chi connectivity index (χ0) is 17.0. The molecule has 0 spiro atoms. The van der Waals surface area contributed by atoms with Gasteiger partial charge in [0.05, 0.1) is 11.7 Å². The van der Waals surface area contributed by atoms with Crippen molar-refractivity contribution in [2.75, 3.05) is 13.1 Å². The van der Waals surface area contributed by atoms with E-state index in [9.17, 15) is 18.0 Å². The molecule has 0 bridgehead atoms. The molecule has 8 heteroatoms. The maximum atomic E-state index is 12.3. The molecule has 1 aromatic heterocycles. The number of urea groups is 1. The molecule has 0 radical (unpaired) electrons. The number of amides is 2. The second kappa shape index (κ2) is 7.23. The molecule has 2 N–H and O–H groups in total. The van der Waals surface area contributed by atoms with E-state index in [4.69, 9.17) is 0 Å². The number of carbonyl (C=O) groups is 1. The zero-order valence-corrected chi connectivity index (χ0v) is 13.5. The number of hydrogen-bond donors (Lipinski definition) is 2. The monoisotopic (exact) mass is 332 g/mol. The highest BCUT2D eigenvalue weighted by Crippen LogP contribution is 2.34. The van der Waals surface area contributed by atoms with Crippen LogP contribution in [-0.2, 0) is 0 Å². The standard InChI is InChI=1S/C15H23F3N4O/c1-10-13(11(2)21-20-10)12-6-5-9-22(12)14(23)19-8-4-3-7-15(16,17)18/h12H,3-9H2,1-2H3,(H,19,23)(H,20,21)/t12-/m0/s1. The van der Waals surface area contributed by atoms with E-state index >= 15 is 0 Å². The van der Waals surface area contributed by atoms with Gasteiger partial charge in [0.25, 0.3) is 0 Å². The molecule has 0 aromatic carbocycles. The minimum absolute atomic E-state index is 0.0103. The fourth-order valence-electron chi connectivity index (χ4n) is 3.11. The van der Waals surface area contributed by atoms with Crippen LogP contribution in [0.4, 0.5) is 18.0 Å². The molecule has 1 saturated heterocycles. The maximum Gasteiger partial charge on any atom is 0.389 e. The van der Waals surface area contributed by atoms with Crippen LogP contribution in [-0.4, -0.2) is 40.4 Å². The van der Waals surface area contributed by atoms with Crippen molar-refractivity contribution >= 4 is 6.03 Å². The molecule has 2 heterocycles. The highest BCUT2D eigenvalue weighted by molar-refractivity contribution is 5.75. The summed E-state index contributed by atoms with van der Waals surface area (Å²) in [5, 5.41) is 9.84. The third-order valence-electron chi connectivity index (χ3n) is 4.20. The number of rotatable bonds is 5. The van der Waals surface area contributed by atoms with Gasteiger partial charge in [0.2, 0.25) is 0 Å². The van der Waals surface area contributed by atoms with Crippen molar-refractivity contribution < 1.29 is 18.0 Å². The van der Waals surface area contributed by atoms with Gasteiger partial charge in [-0.3, -0.25) is 5.10 Å². The van der Waals surface area contributed by atoms with Gasteiger partial charge in [0.15, 0.2) is 0 Å². The van der Waals surface area contributed by atoms with Crippen LogP contribution in [0.15, 0.2) is 0 Å². The molecule has 1 aliphatic rings. The van der Waals surface area contributed by atoms with Crippen LogP contribution in [0.3, 0.4) is 0 Å². The van der Waals surface area contributed by atoms with Crippen molar-refractivity contribution in [3.8, 4) is 0 Å². The van der Waals surface area contributed by atoms with Gasteiger partial charge in [-0.15, -0.1) is 0 Å². The van der Waals surface area contributed by atoms with Gasteiger partial charge in [0, 0.05) is 30.8 Å². The number of carbonyl (C=O) groups excluding carboxylic acids is 1. The molecule has 1 aliphatic heterocycles. The zero-order valence-electron chi connectivity index (χ0n) is 13.5. The molecule has 0 aliphatic carbocycles. The normalized spacial score (nSPS) is 18.5. The van der Waals surface area contributed by atoms with Gasteiger partial charge in [-0.05, 0) is 39.5 Å². The van der Waals surface area contributed by atoms with Gasteiger partial charge < -0.3 is 10.2 Å². The number of aryl methyl sites for hydroxylation is 2. The summed E-state index contributed by atoms with van der Waals surface area (Å²) in [5.74, 6) is 0. The van der Waals surface area contributed by atoms with Crippen LogP contribution in [0.1, 0.15) is 55.1 Å². The van der Waals surface area contributed by atoms with E-state index in [1.54, 1.807) is 4.90 Å². The molecule has 1 aromatic rings. The highest BCUT2D eigenvalue weighted by atomic mass is 19.4. The van der Waals surface area contributed by atoms with Crippen molar-refractivity contribution in [2.45, 2.75) is 58.2 Å². The molecule has 1 fully saturated rings. The lowest BCUT2D eigenvalue weighted by Gasteiger charge is -2.25. The third-order valence-corrected chi connectivity index (χ3v) is 4.20. The Balaban J connectivity index is 1.84. The van der Waals surface area contributed by atoms with E-state index in [0.717, 1.165) is 29.8 Å². The molecular weight excluding hydrogens is 309 g/mol. The topological polar surface area (TPSA) is 61.0 Å². The Morgan fingerprint density at radius 2 is 2.13 bits per heavy atom. The largest absolute Gasteiger partial charge is 0.389 e. The van der Waals surface area contributed by atoms with E-state index in [0.29, 0.717) is 13.0 Å². The number of nitrogens with zero attached hydrogens (tertiary/aromatic N) is 2. The minimum atomic E-state index is -4.12. The van der Waals surface area contributed by atoms with E-state index in [1.165, 1.54) is 0 Å². The molecule has 0 unspecified atom stereocenters. The quantitative estimate of drug-likeness (QED) is 0.809. The van der Waals surface area contributed by atoms with Crippen LogP contribution in [0.5, 0.6) is 0 Å². The van der Waals surface area contributed by atoms with Crippen LogP contribution < -0.4 is 5.32 Å². The van der Waals surface area contributed by atoms with Crippen LogP contribution in [0.25, 0.3) is 0 Å². The molecule has 2 amide bonds. The van der Waals surface area contributed by atoms with Gasteiger partial charge in [-0.25, -0.2) is 4.79 Å². The first kappa shape index (κ1) is 17.6. The molecule has 1 atom stereocenters. The molecular formula is C15H23F3N4O. The average Bonchev–Trinajstić information content (AvgIpc) is 3.04. The summed E-state index contributed by atoms with van der Waals surface area (Å²) in [4.78, 5) is 14.1. The number of alkyl halides is 3. The van der Waals surface area contributed by atoms with Crippen LogP contribution in [0, 0.1) is 13.8 Å². The molecule has 5 nitrogen and oxygen atoms in total. The van der Waals surface area contributed by atoms with E-state index in [2.05, 4.69) is 15.5 Å². The maximum absolute atomic E-state index is 12.3. The summed E-state index contributed by atoms with van der Waals surface area (Å²) in [6.07, 6.45) is -2.78.